The van der Waals surface area contributed by atoms with Crippen LogP contribution in [0, 0.1) is 13.8 Å². The van der Waals surface area contributed by atoms with Crippen LogP contribution in [0.4, 0.5) is 0 Å². The number of nitrogens with zero attached hydrogens (tertiary/aromatic N) is 2. The van der Waals surface area contributed by atoms with Crippen molar-refractivity contribution in [1.82, 2.24) is 14.9 Å². The van der Waals surface area contributed by atoms with E-state index in [4.69, 9.17) is 0 Å². The first-order valence-electron chi connectivity index (χ1n) is 6.92. The SMILES string of the molecule is CCn1ccnc1CNC(C)c1cc(C)ccc1C. The molecule has 1 aromatic carbocycles. The largest absolute Gasteiger partial charge is 0.334 e. The topological polar surface area (TPSA) is 29.9 Å². The van der Waals surface area contributed by atoms with Gasteiger partial charge >= 0.3 is 0 Å². The van der Waals surface area contributed by atoms with Gasteiger partial charge in [-0.15, -0.1) is 0 Å². The van der Waals surface area contributed by atoms with Crippen molar-refractivity contribution < 1.29 is 0 Å². The van der Waals surface area contributed by atoms with E-state index in [2.05, 4.69) is 60.8 Å². The molecular formula is C16H23N3. The lowest BCUT2D eigenvalue weighted by Crippen LogP contribution is -2.21. The smallest absolute Gasteiger partial charge is 0.122 e. The van der Waals surface area contributed by atoms with Crippen LogP contribution in [-0.2, 0) is 13.1 Å². The molecule has 3 heteroatoms. The van der Waals surface area contributed by atoms with Gasteiger partial charge in [0.25, 0.3) is 0 Å². The standard InChI is InChI=1S/C16H23N3/c1-5-19-9-8-17-16(19)11-18-14(4)15-10-12(2)6-7-13(15)3/h6-10,14,18H,5,11H2,1-4H3. The molecule has 1 atom stereocenters. The summed E-state index contributed by atoms with van der Waals surface area (Å²) >= 11 is 0. The lowest BCUT2D eigenvalue weighted by molar-refractivity contribution is 0.538. The average molecular weight is 257 g/mol. The Bertz CT molecular complexity index is 543. The van der Waals surface area contributed by atoms with Crippen LogP contribution in [0.3, 0.4) is 0 Å². The Labute approximate surface area is 115 Å². The molecule has 0 bridgehead atoms. The summed E-state index contributed by atoms with van der Waals surface area (Å²) in [7, 11) is 0. The molecule has 0 spiro atoms. The fourth-order valence-corrected chi connectivity index (χ4v) is 2.38. The van der Waals surface area contributed by atoms with E-state index in [0.29, 0.717) is 6.04 Å². The molecule has 0 aliphatic heterocycles. The lowest BCUT2D eigenvalue weighted by atomic mass is 10.00. The molecule has 1 N–H and O–H groups in total. The molecule has 0 aliphatic rings. The van der Waals surface area contributed by atoms with Gasteiger partial charge in [-0.1, -0.05) is 23.8 Å². The molecule has 0 aliphatic carbocycles. The van der Waals surface area contributed by atoms with Gasteiger partial charge in [-0.05, 0) is 38.8 Å². The van der Waals surface area contributed by atoms with Crippen molar-refractivity contribution in [1.29, 1.82) is 0 Å². The van der Waals surface area contributed by atoms with E-state index in [9.17, 15) is 0 Å². The number of nitrogens with one attached hydrogen (secondary N) is 1. The molecule has 1 heterocycles. The van der Waals surface area contributed by atoms with E-state index >= 15 is 0 Å². The number of benzene rings is 1. The quantitative estimate of drug-likeness (QED) is 0.890. The summed E-state index contributed by atoms with van der Waals surface area (Å²) < 4.78 is 2.17. The van der Waals surface area contributed by atoms with Gasteiger partial charge in [-0.2, -0.15) is 0 Å². The third-order valence-electron chi connectivity index (χ3n) is 3.61. The van der Waals surface area contributed by atoms with Crippen LogP contribution in [0.25, 0.3) is 0 Å². The summed E-state index contributed by atoms with van der Waals surface area (Å²) in [5, 5.41) is 3.56. The molecule has 102 valence electrons. The van der Waals surface area contributed by atoms with Gasteiger partial charge in [0.1, 0.15) is 5.82 Å². The third kappa shape index (κ3) is 3.24. The number of hydrogen-bond acceptors (Lipinski definition) is 2. The van der Waals surface area contributed by atoms with Crippen LogP contribution in [0.2, 0.25) is 0 Å². The lowest BCUT2D eigenvalue weighted by Gasteiger charge is -2.17. The van der Waals surface area contributed by atoms with Crippen LogP contribution in [0.5, 0.6) is 0 Å². The van der Waals surface area contributed by atoms with E-state index in [1.165, 1.54) is 16.7 Å². The van der Waals surface area contributed by atoms with Crippen molar-refractivity contribution in [3.8, 4) is 0 Å². The Kier molecular flexibility index (Phi) is 4.38. The summed E-state index contributed by atoms with van der Waals surface area (Å²) in [6, 6.07) is 6.95. The predicted molar refractivity (Wildman–Crippen MR) is 79.1 cm³/mol. The first kappa shape index (κ1) is 13.8. The fourth-order valence-electron chi connectivity index (χ4n) is 2.38. The summed E-state index contributed by atoms with van der Waals surface area (Å²) in [6.45, 7) is 10.4. The molecule has 19 heavy (non-hydrogen) atoms. The van der Waals surface area contributed by atoms with Crippen LogP contribution >= 0.6 is 0 Å². The normalized spacial score (nSPS) is 12.6. The molecule has 1 unspecified atom stereocenters. The molecule has 0 fully saturated rings. The van der Waals surface area contributed by atoms with Crippen LogP contribution in [-0.4, -0.2) is 9.55 Å². The maximum atomic E-state index is 4.39. The maximum absolute atomic E-state index is 4.39. The summed E-state index contributed by atoms with van der Waals surface area (Å²) in [4.78, 5) is 4.39. The van der Waals surface area contributed by atoms with Gasteiger partial charge in [-0.25, -0.2) is 4.98 Å². The summed E-state index contributed by atoms with van der Waals surface area (Å²) in [5.41, 5.74) is 4.02. The van der Waals surface area contributed by atoms with Crippen LogP contribution in [0.1, 0.15) is 42.4 Å². The first-order valence-corrected chi connectivity index (χ1v) is 6.92. The zero-order chi connectivity index (χ0) is 13.8. The Morgan fingerprint density at radius 1 is 1.32 bits per heavy atom. The van der Waals surface area contributed by atoms with E-state index < -0.39 is 0 Å². The highest BCUT2D eigenvalue weighted by molar-refractivity contribution is 5.32. The van der Waals surface area contributed by atoms with Crippen molar-refractivity contribution in [2.75, 3.05) is 0 Å². The van der Waals surface area contributed by atoms with E-state index in [1.54, 1.807) is 0 Å². The van der Waals surface area contributed by atoms with Crippen molar-refractivity contribution in [2.24, 2.45) is 0 Å². The Hall–Kier alpha value is -1.61. The highest BCUT2D eigenvalue weighted by Crippen LogP contribution is 2.19. The minimum Gasteiger partial charge on any atom is -0.334 e. The van der Waals surface area contributed by atoms with Gasteiger partial charge in [0.05, 0.1) is 6.54 Å². The molecule has 2 rings (SSSR count). The third-order valence-corrected chi connectivity index (χ3v) is 3.61. The average Bonchev–Trinajstić information content (AvgIpc) is 2.86. The Balaban J connectivity index is 2.05. The number of hydrogen-bond donors (Lipinski definition) is 1. The monoisotopic (exact) mass is 257 g/mol. The fraction of sp³-hybridized carbons (Fsp3) is 0.438. The van der Waals surface area contributed by atoms with Crippen LogP contribution < -0.4 is 5.32 Å². The van der Waals surface area contributed by atoms with Gasteiger partial charge in [0, 0.05) is 25.0 Å². The minimum absolute atomic E-state index is 0.335. The van der Waals surface area contributed by atoms with Crippen LogP contribution in [0.15, 0.2) is 30.6 Å². The second kappa shape index (κ2) is 6.02. The second-order valence-electron chi connectivity index (χ2n) is 5.09. The highest BCUT2D eigenvalue weighted by Gasteiger charge is 2.09. The summed E-state index contributed by atoms with van der Waals surface area (Å²) in [6.07, 6.45) is 3.89. The molecule has 0 saturated heterocycles. The van der Waals surface area contributed by atoms with Gasteiger partial charge in [0.15, 0.2) is 0 Å². The second-order valence-corrected chi connectivity index (χ2v) is 5.09. The highest BCUT2D eigenvalue weighted by atomic mass is 15.1. The van der Waals surface area contributed by atoms with E-state index in [-0.39, 0.29) is 0 Å². The molecule has 3 nitrogen and oxygen atoms in total. The number of imidazole rings is 1. The molecule has 0 radical (unpaired) electrons. The zero-order valence-electron chi connectivity index (χ0n) is 12.3. The number of aromatic nitrogens is 2. The molecule has 1 aromatic heterocycles. The van der Waals surface area contributed by atoms with E-state index in [0.717, 1.165) is 18.9 Å². The van der Waals surface area contributed by atoms with E-state index in [1.807, 2.05) is 12.4 Å². The van der Waals surface area contributed by atoms with Crippen molar-refractivity contribution in [2.45, 2.75) is 46.8 Å². The zero-order valence-corrected chi connectivity index (χ0v) is 12.3. The first-order chi connectivity index (χ1) is 9.11. The Morgan fingerprint density at radius 3 is 2.84 bits per heavy atom. The van der Waals surface area contributed by atoms with Gasteiger partial charge < -0.3 is 9.88 Å². The number of aryl methyl sites for hydroxylation is 3. The predicted octanol–water partition coefficient (Wildman–Crippen LogP) is 3.37. The Morgan fingerprint density at radius 2 is 2.11 bits per heavy atom. The van der Waals surface area contributed by atoms with Gasteiger partial charge in [-0.3, -0.25) is 0 Å². The molecule has 0 amide bonds. The maximum Gasteiger partial charge on any atom is 0.122 e. The van der Waals surface area contributed by atoms with Crippen molar-refractivity contribution >= 4 is 0 Å². The van der Waals surface area contributed by atoms with Crippen molar-refractivity contribution in [3.63, 3.8) is 0 Å². The molecule has 0 saturated carbocycles. The molecular weight excluding hydrogens is 234 g/mol. The molecule has 2 aromatic rings. The van der Waals surface area contributed by atoms with Crippen molar-refractivity contribution in [3.05, 3.63) is 53.1 Å². The summed E-state index contributed by atoms with van der Waals surface area (Å²) in [5.74, 6) is 1.10. The van der Waals surface area contributed by atoms with Gasteiger partial charge in [0.2, 0.25) is 0 Å². The minimum atomic E-state index is 0.335. The number of rotatable bonds is 5.